The van der Waals surface area contributed by atoms with E-state index in [2.05, 4.69) is 0 Å². The molecular weight excluding hydrogens is 260 g/mol. The fourth-order valence-corrected chi connectivity index (χ4v) is 4.13. The maximum absolute atomic E-state index is 12.4. The third-order valence-corrected chi connectivity index (χ3v) is 5.18. The lowest BCUT2D eigenvalue weighted by molar-refractivity contribution is 0.393. The monoisotopic (exact) mass is 274 g/mol. The maximum atomic E-state index is 12.4. The van der Waals surface area contributed by atoms with Crippen molar-refractivity contribution in [1.82, 2.24) is 4.31 Å². The van der Waals surface area contributed by atoms with E-state index in [0.29, 0.717) is 18.1 Å². The first-order chi connectivity index (χ1) is 8.05. The van der Waals surface area contributed by atoms with Gasteiger partial charge in [0.15, 0.2) is 0 Å². The first-order valence-corrected chi connectivity index (χ1v) is 7.35. The fraction of sp³-hybridized carbons (Fsp3) is 0.455. The molecule has 0 saturated carbocycles. The number of benzene rings is 1. The Morgan fingerprint density at radius 3 is 2.88 bits per heavy atom. The summed E-state index contributed by atoms with van der Waals surface area (Å²) in [6.45, 7) is 0.899. The fourth-order valence-electron chi connectivity index (χ4n) is 2.12. The first kappa shape index (κ1) is 12.8. The van der Waals surface area contributed by atoms with E-state index >= 15 is 0 Å². The second-order valence-corrected chi connectivity index (χ2v) is 6.43. The molecule has 94 valence electrons. The number of rotatable bonds is 3. The van der Waals surface area contributed by atoms with Crippen molar-refractivity contribution in [2.24, 2.45) is 5.73 Å². The van der Waals surface area contributed by atoms with Gasteiger partial charge in [-0.25, -0.2) is 8.42 Å². The lowest BCUT2D eigenvalue weighted by Gasteiger charge is -2.22. The molecule has 1 atom stereocenters. The van der Waals surface area contributed by atoms with Crippen LogP contribution in [0.5, 0.6) is 0 Å². The average molecular weight is 275 g/mol. The Morgan fingerprint density at radius 2 is 2.24 bits per heavy atom. The molecule has 1 aromatic carbocycles. The van der Waals surface area contributed by atoms with Crippen LogP contribution in [0.4, 0.5) is 0 Å². The van der Waals surface area contributed by atoms with Crippen LogP contribution in [0.25, 0.3) is 0 Å². The Balaban J connectivity index is 2.36. The molecule has 6 heteroatoms. The van der Waals surface area contributed by atoms with Crippen LogP contribution in [-0.4, -0.2) is 31.9 Å². The molecule has 0 unspecified atom stereocenters. The lowest BCUT2D eigenvalue weighted by Crippen LogP contribution is -2.39. The van der Waals surface area contributed by atoms with Crippen molar-refractivity contribution in [3.8, 4) is 0 Å². The van der Waals surface area contributed by atoms with Gasteiger partial charge in [-0.15, -0.1) is 0 Å². The van der Waals surface area contributed by atoms with Gasteiger partial charge in [0.05, 0.1) is 4.90 Å². The van der Waals surface area contributed by atoms with Crippen LogP contribution in [-0.2, 0) is 10.0 Å². The normalized spacial score (nSPS) is 21.9. The molecule has 0 spiro atoms. The van der Waals surface area contributed by atoms with Gasteiger partial charge in [-0.3, -0.25) is 0 Å². The van der Waals surface area contributed by atoms with Gasteiger partial charge in [0.25, 0.3) is 0 Å². The van der Waals surface area contributed by atoms with Crippen molar-refractivity contribution in [2.45, 2.75) is 23.8 Å². The Bertz CT molecular complexity index is 504. The molecule has 0 aliphatic carbocycles. The van der Waals surface area contributed by atoms with Crippen molar-refractivity contribution < 1.29 is 8.42 Å². The molecule has 4 nitrogen and oxygen atoms in total. The number of hydrogen-bond donors (Lipinski definition) is 1. The first-order valence-electron chi connectivity index (χ1n) is 5.53. The number of halogens is 1. The molecule has 1 fully saturated rings. The standard InChI is InChI=1S/C11H15ClN2O2S/c12-9-3-1-5-11(7-9)17(15,16)14-6-2-4-10(14)8-13/h1,3,5,7,10H,2,4,6,8,13H2/t10-/m0/s1. The molecule has 1 aliphatic rings. The summed E-state index contributed by atoms with van der Waals surface area (Å²) in [5.74, 6) is 0. The molecule has 0 radical (unpaired) electrons. The summed E-state index contributed by atoms with van der Waals surface area (Å²) in [4.78, 5) is 0.241. The Morgan fingerprint density at radius 1 is 1.47 bits per heavy atom. The molecule has 17 heavy (non-hydrogen) atoms. The third kappa shape index (κ3) is 2.47. The minimum atomic E-state index is -3.45. The lowest BCUT2D eigenvalue weighted by atomic mass is 10.2. The summed E-state index contributed by atoms with van der Waals surface area (Å²) in [5.41, 5.74) is 5.60. The molecule has 2 N–H and O–H groups in total. The molecule has 0 bridgehead atoms. The molecule has 0 amide bonds. The van der Waals surface area contributed by atoms with Gasteiger partial charge in [0, 0.05) is 24.2 Å². The predicted molar refractivity (Wildman–Crippen MR) is 67.4 cm³/mol. The molecule has 1 aromatic rings. The third-order valence-electron chi connectivity index (χ3n) is 3.00. The van der Waals surface area contributed by atoms with Gasteiger partial charge < -0.3 is 5.73 Å². The van der Waals surface area contributed by atoms with E-state index in [1.54, 1.807) is 18.2 Å². The van der Waals surface area contributed by atoms with Crippen molar-refractivity contribution in [3.05, 3.63) is 29.3 Å². The Hall–Kier alpha value is -0.620. The molecular formula is C11H15ClN2O2S. The van der Waals surface area contributed by atoms with E-state index < -0.39 is 10.0 Å². The zero-order valence-corrected chi connectivity index (χ0v) is 10.9. The zero-order valence-electron chi connectivity index (χ0n) is 9.34. The van der Waals surface area contributed by atoms with Crippen LogP contribution in [0.2, 0.25) is 5.02 Å². The number of hydrogen-bond acceptors (Lipinski definition) is 3. The quantitative estimate of drug-likeness (QED) is 0.907. The SMILES string of the molecule is NC[C@@H]1CCCN1S(=O)(=O)c1cccc(Cl)c1. The summed E-state index contributed by atoms with van der Waals surface area (Å²) in [5, 5.41) is 0.426. The average Bonchev–Trinajstić information content (AvgIpc) is 2.77. The predicted octanol–water partition coefficient (Wildman–Crippen LogP) is 1.45. The van der Waals surface area contributed by atoms with E-state index in [9.17, 15) is 8.42 Å². The zero-order chi connectivity index (χ0) is 12.5. The van der Waals surface area contributed by atoms with Gasteiger partial charge in [-0.1, -0.05) is 17.7 Å². The highest BCUT2D eigenvalue weighted by Gasteiger charge is 2.34. The number of nitrogens with zero attached hydrogens (tertiary/aromatic N) is 1. The second kappa shape index (κ2) is 4.94. The number of nitrogens with two attached hydrogens (primary N) is 1. The largest absolute Gasteiger partial charge is 0.329 e. The second-order valence-electron chi connectivity index (χ2n) is 4.10. The Labute approximate surface area is 106 Å². The van der Waals surface area contributed by atoms with E-state index in [0.717, 1.165) is 12.8 Å². The van der Waals surface area contributed by atoms with Crippen LogP contribution < -0.4 is 5.73 Å². The highest BCUT2D eigenvalue weighted by molar-refractivity contribution is 7.89. The van der Waals surface area contributed by atoms with Crippen molar-refractivity contribution >= 4 is 21.6 Å². The molecule has 1 heterocycles. The van der Waals surface area contributed by atoms with Crippen LogP contribution in [0.3, 0.4) is 0 Å². The minimum Gasteiger partial charge on any atom is -0.329 e. The summed E-state index contributed by atoms with van der Waals surface area (Å²) in [6.07, 6.45) is 1.69. The van der Waals surface area contributed by atoms with Crippen molar-refractivity contribution in [2.75, 3.05) is 13.1 Å². The van der Waals surface area contributed by atoms with E-state index in [-0.39, 0.29) is 10.9 Å². The Kier molecular flexibility index (Phi) is 3.73. The summed E-state index contributed by atoms with van der Waals surface area (Å²) >= 11 is 5.82. The van der Waals surface area contributed by atoms with Crippen molar-refractivity contribution in [1.29, 1.82) is 0 Å². The van der Waals surface area contributed by atoms with Gasteiger partial charge in [-0.2, -0.15) is 4.31 Å². The topological polar surface area (TPSA) is 63.4 Å². The molecule has 2 rings (SSSR count). The highest BCUT2D eigenvalue weighted by Crippen LogP contribution is 2.26. The van der Waals surface area contributed by atoms with Crippen LogP contribution in [0.15, 0.2) is 29.2 Å². The molecule has 0 aromatic heterocycles. The highest BCUT2D eigenvalue weighted by atomic mass is 35.5. The van der Waals surface area contributed by atoms with Gasteiger partial charge in [-0.05, 0) is 31.0 Å². The minimum absolute atomic E-state index is 0.0843. The smallest absolute Gasteiger partial charge is 0.243 e. The van der Waals surface area contributed by atoms with E-state index in [1.165, 1.54) is 10.4 Å². The summed E-state index contributed by atoms with van der Waals surface area (Å²) < 4.78 is 26.2. The van der Waals surface area contributed by atoms with Gasteiger partial charge in [0.1, 0.15) is 0 Å². The van der Waals surface area contributed by atoms with Gasteiger partial charge >= 0.3 is 0 Å². The van der Waals surface area contributed by atoms with Crippen LogP contribution in [0.1, 0.15) is 12.8 Å². The van der Waals surface area contributed by atoms with Crippen LogP contribution in [0, 0.1) is 0 Å². The summed E-state index contributed by atoms with van der Waals surface area (Å²) in [6, 6.07) is 6.25. The van der Waals surface area contributed by atoms with Crippen LogP contribution >= 0.6 is 11.6 Å². The molecule has 1 saturated heterocycles. The van der Waals surface area contributed by atoms with Gasteiger partial charge in [0.2, 0.25) is 10.0 Å². The maximum Gasteiger partial charge on any atom is 0.243 e. The van der Waals surface area contributed by atoms with E-state index in [4.69, 9.17) is 17.3 Å². The molecule has 1 aliphatic heterocycles. The number of sulfonamides is 1. The van der Waals surface area contributed by atoms with Crippen molar-refractivity contribution in [3.63, 3.8) is 0 Å². The summed E-state index contributed by atoms with van der Waals surface area (Å²) in [7, 11) is -3.45. The van der Waals surface area contributed by atoms with E-state index in [1.807, 2.05) is 0 Å².